The van der Waals surface area contributed by atoms with Crippen LogP contribution in [0.2, 0.25) is 5.02 Å². The minimum Gasteiger partial charge on any atom is -0.363 e. The maximum Gasteiger partial charge on any atom is 0.265 e. The van der Waals surface area contributed by atoms with Gasteiger partial charge in [0.2, 0.25) is 0 Å². The number of hydrogen-bond donors (Lipinski definition) is 1. The van der Waals surface area contributed by atoms with E-state index in [2.05, 4.69) is 10.3 Å². The van der Waals surface area contributed by atoms with Crippen LogP contribution in [0.4, 0.5) is 11.5 Å². The smallest absolute Gasteiger partial charge is 0.265 e. The van der Waals surface area contributed by atoms with Gasteiger partial charge in [-0.2, -0.15) is 0 Å². The Morgan fingerprint density at radius 2 is 1.94 bits per heavy atom. The van der Waals surface area contributed by atoms with Gasteiger partial charge in [0.05, 0.1) is 10.7 Å². The number of para-hydroxylation sites is 1. The molecule has 1 N–H and O–H groups in total. The molecule has 0 spiro atoms. The van der Waals surface area contributed by atoms with Gasteiger partial charge in [-0.3, -0.25) is 9.10 Å². The maximum absolute atomic E-state index is 13.4. The fourth-order valence-electron chi connectivity index (χ4n) is 3.59. The third-order valence-electron chi connectivity index (χ3n) is 5.33. The lowest BCUT2D eigenvalue weighted by atomic mass is 10.2. The van der Waals surface area contributed by atoms with Crippen molar-refractivity contribution in [1.29, 1.82) is 0 Å². The lowest BCUT2D eigenvalue weighted by Gasteiger charge is -2.20. The van der Waals surface area contributed by atoms with E-state index in [4.69, 9.17) is 11.6 Å². The van der Waals surface area contributed by atoms with Gasteiger partial charge in [-0.25, -0.2) is 13.4 Å². The topological polar surface area (TPSA) is 82.6 Å². The summed E-state index contributed by atoms with van der Waals surface area (Å²) >= 11 is 6.25. The first-order chi connectivity index (χ1) is 15.3. The molecular weight excluding hydrogens is 448 g/mol. The number of halogens is 1. The Labute approximate surface area is 192 Å². The van der Waals surface area contributed by atoms with Crippen LogP contribution in [0.15, 0.2) is 65.7 Å². The Bertz CT molecular complexity index is 1260. The van der Waals surface area contributed by atoms with Gasteiger partial charge in [-0.1, -0.05) is 35.9 Å². The van der Waals surface area contributed by atoms with Gasteiger partial charge in [0, 0.05) is 38.9 Å². The Morgan fingerprint density at radius 3 is 2.66 bits per heavy atom. The first kappa shape index (κ1) is 22.1. The monoisotopic (exact) mass is 470 g/mol. The van der Waals surface area contributed by atoms with Crippen molar-refractivity contribution >= 4 is 39.0 Å². The number of sulfonamides is 1. The predicted molar refractivity (Wildman–Crippen MR) is 126 cm³/mol. The second kappa shape index (κ2) is 8.80. The van der Waals surface area contributed by atoms with E-state index in [1.54, 1.807) is 18.3 Å². The van der Waals surface area contributed by atoms with Gasteiger partial charge in [-0.15, -0.1) is 0 Å². The van der Waals surface area contributed by atoms with Crippen molar-refractivity contribution < 1.29 is 13.2 Å². The normalized spacial score (nSPS) is 13.0. The number of fused-ring (bicyclic) bond motifs is 1. The summed E-state index contributed by atoms with van der Waals surface area (Å²) in [6.45, 7) is 0.605. The highest BCUT2D eigenvalue weighted by Gasteiger charge is 2.32. The Balaban J connectivity index is 1.54. The Kier molecular flexibility index (Phi) is 6.08. The van der Waals surface area contributed by atoms with E-state index >= 15 is 0 Å². The highest BCUT2D eigenvalue weighted by Crippen LogP contribution is 2.35. The number of nitrogens with one attached hydrogen (secondary N) is 1. The largest absolute Gasteiger partial charge is 0.363 e. The molecule has 3 aromatic rings. The van der Waals surface area contributed by atoms with Crippen molar-refractivity contribution in [3.63, 3.8) is 0 Å². The van der Waals surface area contributed by atoms with Gasteiger partial charge >= 0.3 is 0 Å². The average Bonchev–Trinajstić information content (AvgIpc) is 3.23. The predicted octanol–water partition coefficient (Wildman–Crippen LogP) is 3.48. The van der Waals surface area contributed by atoms with Gasteiger partial charge < -0.3 is 10.2 Å². The van der Waals surface area contributed by atoms with Crippen LogP contribution in [0.5, 0.6) is 0 Å². The standard InChI is InChI=1S/C23H23ClN4O3S/c1-27(2)22-10-7-16(14-25-22)15-26-23(29)18-8-9-19(24)21(13-18)32(30,31)28-12-11-17-5-3-4-6-20(17)28/h3-10,13-14H,11-12,15H2,1-2H3,(H,26,29). The summed E-state index contributed by atoms with van der Waals surface area (Å²) in [6.07, 6.45) is 2.33. The summed E-state index contributed by atoms with van der Waals surface area (Å²) in [7, 11) is -0.113. The molecule has 0 saturated heterocycles. The summed E-state index contributed by atoms with van der Waals surface area (Å²) in [6, 6.07) is 15.4. The number of benzene rings is 2. The minimum absolute atomic E-state index is 0.0782. The zero-order valence-corrected chi connectivity index (χ0v) is 19.3. The van der Waals surface area contributed by atoms with Crippen molar-refractivity contribution in [2.24, 2.45) is 0 Å². The SMILES string of the molecule is CN(C)c1ccc(CNC(=O)c2ccc(Cl)c(S(=O)(=O)N3CCc4ccccc43)c2)cn1. The lowest BCUT2D eigenvalue weighted by Crippen LogP contribution is -2.30. The van der Waals surface area contributed by atoms with E-state index in [1.165, 1.54) is 22.5 Å². The summed E-state index contributed by atoms with van der Waals surface area (Å²) in [5.41, 5.74) is 2.67. The van der Waals surface area contributed by atoms with Crippen molar-refractivity contribution in [2.75, 3.05) is 29.8 Å². The van der Waals surface area contributed by atoms with Gasteiger partial charge in [0.1, 0.15) is 10.7 Å². The van der Waals surface area contributed by atoms with Crippen molar-refractivity contribution in [1.82, 2.24) is 10.3 Å². The fraction of sp³-hybridized carbons (Fsp3) is 0.217. The molecule has 0 unspecified atom stereocenters. The molecule has 0 saturated carbocycles. The summed E-state index contributed by atoms with van der Waals surface area (Å²) < 4.78 is 28.1. The molecule has 9 heteroatoms. The number of rotatable bonds is 6. The Morgan fingerprint density at radius 1 is 1.16 bits per heavy atom. The van der Waals surface area contributed by atoms with Crippen LogP contribution in [-0.4, -0.2) is 39.9 Å². The van der Waals surface area contributed by atoms with E-state index < -0.39 is 15.9 Å². The van der Waals surface area contributed by atoms with Crippen molar-refractivity contribution in [2.45, 2.75) is 17.9 Å². The molecule has 0 aliphatic carbocycles. The second-order valence-corrected chi connectivity index (χ2v) is 9.94. The molecule has 0 radical (unpaired) electrons. The second-order valence-electron chi connectivity index (χ2n) is 7.70. The highest BCUT2D eigenvalue weighted by atomic mass is 35.5. The molecule has 166 valence electrons. The molecule has 4 rings (SSSR count). The number of aromatic nitrogens is 1. The van der Waals surface area contributed by atoms with Crippen molar-refractivity contribution in [3.05, 3.63) is 82.5 Å². The van der Waals surface area contributed by atoms with E-state index in [1.807, 2.05) is 43.3 Å². The van der Waals surface area contributed by atoms with Gasteiger partial charge in [0.15, 0.2) is 0 Å². The van der Waals surface area contributed by atoms with Gasteiger partial charge in [-0.05, 0) is 47.9 Å². The molecule has 2 aromatic carbocycles. The number of anilines is 2. The third-order valence-corrected chi connectivity index (χ3v) is 7.62. The minimum atomic E-state index is -3.91. The molecule has 1 aliphatic rings. The van der Waals surface area contributed by atoms with Crippen LogP contribution in [0.25, 0.3) is 0 Å². The number of amides is 1. The number of hydrogen-bond acceptors (Lipinski definition) is 5. The van der Waals surface area contributed by atoms with Gasteiger partial charge in [0.25, 0.3) is 15.9 Å². The maximum atomic E-state index is 13.4. The molecule has 1 amide bonds. The van der Waals surface area contributed by atoms with Crippen molar-refractivity contribution in [3.8, 4) is 0 Å². The zero-order valence-electron chi connectivity index (χ0n) is 17.7. The number of carbonyl (C=O) groups is 1. The number of nitrogens with zero attached hydrogens (tertiary/aromatic N) is 3. The fourth-order valence-corrected chi connectivity index (χ4v) is 5.60. The van der Waals surface area contributed by atoms with Crippen LogP contribution in [-0.2, 0) is 23.0 Å². The van der Waals surface area contributed by atoms with Crippen LogP contribution < -0.4 is 14.5 Å². The zero-order chi connectivity index (χ0) is 22.9. The van der Waals surface area contributed by atoms with Crippen LogP contribution in [0.3, 0.4) is 0 Å². The molecule has 1 aliphatic heterocycles. The van der Waals surface area contributed by atoms with E-state index in [-0.39, 0.29) is 22.0 Å². The molecular formula is C23H23ClN4O3S. The van der Waals surface area contributed by atoms with E-state index in [0.717, 1.165) is 16.9 Å². The molecule has 0 atom stereocenters. The average molecular weight is 471 g/mol. The number of carbonyl (C=O) groups excluding carboxylic acids is 1. The first-order valence-corrected chi connectivity index (χ1v) is 11.9. The van der Waals surface area contributed by atoms with Crippen LogP contribution >= 0.6 is 11.6 Å². The first-order valence-electron chi connectivity index (χ1n) is 10.1. The van der Waals surface area contributed by atoms with E-state index in [9.17, 15) is 13.2 Å². The molecule has 0 bridgehead atoms. The number of pyridine rings is 1. The van der Waals surface area contributed by atoms with Crippen LogP contribution in [0.1, 0.15) is 21.5 Å². The molecule has 1 aromatic heterocycles. The quantitative estimate of drug-likeness (QED) is 0.596. The summed E-state index contributed by atoms with van der Waals surface area (Å²) in [5, 5.41) is 2.88. The molecule has 2 heterocycles. The highest BCUT2D eigenvalue weighted by molar-refractivity contribution is 7.93. The van der Waals surface area contributed by atoms with Crippen LogP contribution in [0, 0.1) is 0 Å². The van der Waals surface area contributed by atoms with E-state index in [0.29, 0.717) is 18.7 Å². The molecule has 32 heavy (non-hydrogen) atoms. The summed E-state index contributed by atoms with van der Waals surface area (Å²) in [4.78, 5) is 18.8. The third kappa shape index (κ3) is 4.28. The molecule has 0 fully saturated rings. The molecule has 7 nitrogen and oxygen atoms in total. The Hall–Kier alpha value is -3.10. The lowest BCUT2D eigenvalue weighted by molar-refractivity contribution is 0.0950. The summed E-state index contributed by atoms with van der Waals surface area (Å²) in [5.74, 6) is 0.424.